The van der Waals surface area contributed by atoms with Crippen LogP contribution < -0.4 is 0 Å². The molecule has 1 aliphatic rings. The molecule has 24 heavy (non-hydrogen) atoms. The molecule has 4 nitrogen and oxygen atoms in total. The third-order valence-corrected chi connectivity index (χ3v) is 5.88. The monoisotopic (exact) mass is 343 g/mol. The van der Waals surface area contributed by atoms with Crippen LogP contribution in [0.4, 0.5) is 0 Å². The first kappa shape index (κ1) is 17.4. The van der Waals surface area contributed by atoms with Crippen LogP contribution in [-0.2, 0) is 17.9 Å². The summed E-state index contributed by atoms with van der Waals surface area (Å²) in [6.45, 7) is 5.90. The molecule has 2 aromatic rings. The Morgan fingerprint density at radius 3 is 2.54 bits per heavy atom. The van der Waals surface area contributed by atoms with Gasteiger partial charge in [-0.2, -0.15) is 0 Å². The van der Waals surface area contributed by atoms with Crippen molar-refractivity contribution in [3.05, 3.63) is 53.6 Å². The van der Waals surface area contributed by atoms with Crippen LogP contribution in [0.2, 0.25) is 0 Å². The van der Waals surface area contributed by atoms with Crippen molar-refractivity contribution in [3.8, 4) is 0 Å². The molecule has 0 N–H and O–H groups in total. The Hall–Kier alpha value is -1.43. The molecule has 1 aromatic carbocycles. The number of piperidine rings is 1. The SMILES string of the molecule is COCc1ncc(CN2CCC(Sc3ccccc3C)CC2)cn1. The van der Waals surface area contributed by atoms with Crippen LogP contribution in [0.3, 0.4) is 0 Å². The number of ether oxygens (including phenoxy) is 1. The Morgan fingerprint density at radius 2 is 1.88 bits per heavy atom. The fourth-order valence-electron chi connectivity index (χ4n) is 2.98. The molecule has 0 saturated carbocycles. The molecule has 1 saturated heterocycles. The van der Waals surface area contributed by atoms with E-state index < -0.39 is 0 Å². The lowest BCUT2D eigenvalue weighted by Gasteiger charge is -2.31. The highest BCUT2D eigenvalue weighted by Crippen LogP contribution is 2.32. The number of hydrogen-bond acceptors (Lipinski definition) is 5. The third-order valence-electron chi connectivity index (χ3n) is 4.36. The van der Waals surface area contributed by atoms with Crippen molar-refractivity contribution in [2.45, 2.75) is 43.1 Å². The van der Waals surface area contributed by atoms with E-state index >= 15 is 0 Å². The van der Waals surface area contributed by atoms with E-state index in [0.29, 0.717) is 6.61 Å². The van der Waals surface area contributed by atoms with Crippen molar-refractivity contribution in [2.75, 3.05) is 20.2 Å². The van der Waals surface area contributed by atoms with Crippen LogP contribution in [0, 0.1) is 6.92 Å². The summed E-state index contributed by atoms with van der Waals surface area (Å²) in [5, 5.41) is 0.725. The molecule has 2 heterocycles. The van der Waals surface area contributed by atoms with Gasteiger partial charge in [-0.05, 0) is 44.5 Å². The molecular formula is C19H25N3OS. The second kappa shape index (κ2) is 8.60. The normalized spacial score (nSPS) is 16.4. The molecule has 0 atom stereocenters. The van der Waals surface area contributed by atoms with Crippen LogP contribution in [0.1, 0.15) is 29.8 Å². The number of benzene rings is 1. The molecule has 0 aliphatic carbocycles. The van der Waals surface area contributed by atoms with Crippen LogP contribution in [0.15, 0.2) is 41.6 Å². The summed E-state index contributed by atoms with van der Waals surface area (Å²) in [5.41, 5.74) is 2.57. The van der Waals surface area contributed by atoms with Gasteiger partial charge in [0.1, 0.15) is 6.61 Å². The fraction of sp³-hybridized carbons (Fsp3) is 0.474. The largest absolute Gasteiger partial charge is 0.377 e. The molecule has 128 valence electrons. The number of rotatable bonds is 6. The number of methoxy groups -OCH3 is 1. The van der Waals surface area contributed by atoms with Gasteiger partial charge in [-0.25, -0.2) is 9.97 Å². The lowest BCUT2D eigenvalue weighted by atomic mass is 10.1. The molecule has 0 radical (unpaired) electrons. The lowest BCUT2D eigenvalue weighted by molar-refractivity contribution is 0.177. The molecule has 0 bridgehead atoms. The van der Waals surface area contributed by atoms with Crippen molar-refractivity contribution < 1.29 is 4.74 Å². The summed E-state index contributed by atoms with van der Waals surface area (Å²) < 4.78 is 5.05. The second-order valence-corrected chi connectivity index (χ2v) is 7.64. The van der Waals surface area contributed by atoms with Crippen molar-refractivity contribution >= 4 is 11.8 Å². The zero-order valence-electron chi connectivity index (χ0n) is 14.4. The van der Waals surface area contributed by atoms with E-state index in [2.05, 4.69) is 46.1 Å². The zero-order valence-corrected chi connectivity index (χ0v) is 15.3. The van der Waals surface area contributed by atoms with Gasteiger partial charge in [0.05, 0.1) is 0 Å². The van der Waals surface area contributed by atoms with Crippen LogP contribution in [-0.4, -0.2) is 40.3 Å². The fourth-order valence-corrected chi connectivity index (χ4v) is 4.20. The molecule has 1 aliphatic heterocycles. The molecule has 0 unspecified atom stereocenters. The van der Waals surface area contributed by atoms with E-state index in [0.717, 1.165) is 30.7 Å². The number of nitrogens with zero attached hydrogens (tertiary/aromatic N) is 3. The van der Waals surface area contributed by atoms with E-state index in [4.69, 9.17) is 4.74 Å². The molecule has 5 heteroatoms. The number of aryl methyl sites for hydroxylation is 1. The Morgan fingerprint density at radius 1 is 1.17 bits per heavy atom. The smallest absolute Gasteiger partial charge is 0.153 e. The molecule has 0 amide bonds. The average molecular weight is 343 g/mol. The summed E-state index contributed by atoms with van der Waals surface area (Å²) in [4.78, 5) is 12.6. The van der Waals surface area contributed by atoms with Gasteiger partial charge in [0.15, 0.2) is 5.82 Å². The van der Waals surface area contributed by atoms with Gasteiger partial charge in [-0.15, -0.1) is 11.8 Å². The van der Waals surface area contributed by atoms with Gasteiger partial charge in [0.2, 0.25) is 0 Å². The van der Waals surface area contributed by atoms with Gasteiger partial charge in [-0.3, -0.25) is 4.90 Å². The molecule has 3 rings (SSSR count). The number of hydrogen-bond donors (Lipinski definition) is 0. The highest BCUT2D eigenvalue weighted by Gasteiger charge is 2.20. The van der Waals surface area contributed by atoms with Crippen LogP contribution >= 0.6 is 11.8 Å². The minimum atomic E-state index is 0.474. The van der Waals surface area contributed by atoms with E-state index in [9.17, 15) is 0 Å². The van der Waals surface area contributed by atoms with Crippen molar-refractivity contribution in [1.82, 2.24) is 14.9 Å². The summed E-state index contributed by atoms with van der Waals surface area (Å²) in [6.07, 6.45) is 6.33. The van der Waals surface area contributed by atoms with Gasteiger partial charge < -0.3 is 4.74 Å². The summed E-state index contributed by atoms with van der Waals surface area (Å²) >= 11 is 2.04. The van der Waals surface area contributed by atoms with E-state index in [1.807, 2.05) is 24.2 Å². The first-order valence-corrected chi connectivity index (χ1v) is 9.36. The minimum Gasteiger partial charge on any atom is -0.377 e. The zero-order chi connectivity index (χ0) is 16.8. The minimum absolute atomic E-state index is 0.474. The lowest BCUT2D eigenvalue weighted by Crippen LogP contribution is -2.34. The van der Waals surface area contributed by atoms with Gasteiger partial charge in [0.25, 0.3) is 0 Å². The quantitative estimate of drug-likeness (QED) is 0.800. The van der Waals surface area contributed by atoms with Gasteiger partial charge in [-0.1, -0.05) is 18.2 Å². The van der Waals surface area contributed by atoms with Crippen LogP contribution in [0.25, 0.3) is 0 Å². The van der Waals surface area contributed by atoms with E-state index in [1.54, 1.807) is 7.11 Å². The standard InChI is InChI=1S/C19H25N3OS/c1-15-5-3-4-6-18(15)24-17-7-9-22(10-8-17)13-16-11-20-19(14-23-2)21-12-16/h3-6,11-12,17H,7-10,13-14H2,1-2H3. The summed E-state index contributed by atoms with van der Waals surface area (Å²) in [5.74, 6) is 0.745. The topological polar surface area (TPSA) is 38.2 Å². The first-order chi connectivity index (χ1) is 11.7. The Balaban J connectivity index is 1.47. The summed E-state index contributed by atoms with van der Waals surface area (Å²) in [7, 11) is 1.66. The second-order valence-electron chi connectivity index (χ2n) is 6.30. The third kappa shape index (κ3) is 4.79. The van der Waals surface area contributed by atoms with Crippen molar-refractivity contribution in [3.63, 3.8) is 0 Å². The maximum Gasteiger partial charge on any atom is 0.153 e. The number of aromatic nitrogens is 2. The maximum absolute atomic E-state index is 5.05. The maximum atomic E-state index is 5.05. The first-order valence-electron chi connectivity index (χ1n) is 8.48. The summed E-state index contributed by atoms with van der Waals surface area (Å²) in [6, 6.07) is 8.69. The van der Waals surface area contributed by atoms with E-state index in [1.165, 1.54) is 28.9 Å². The van der Waals surface area contributed by atoms with Gasteiger partial charge >= 0.3 is 0 Å². The van der Waals surface area contributed by atoms with Crippen molar-refractivity contribution in [2.24, 2.45) is 0 Å². The molecule has 1 aromatic heterocycles. The Kier molecular flexibility index (Phi) is 6.24. The predicted octanol–water partition coefficient (Wildman–Crippen LogP) is 3.69. The average Bonchev–Trinajstić information content (AvgIpc) is 2.61. The molecular weight excluding hydrogens is 318 g/mol. The van der Waals surface area contributed by atoms with Crippen LogP contribution in [0.5, 0.6) is 0 Å². The highest BCUT2D eigenvalue weighted by atomic mass is 32.2. The molecule has 1 fully saturated rings. The highest BCUT2D eigenvalue weighted by molar-refractivity contribution is 8.00. The van der Waals surface area contributed by atoms with Crippen molar-refractivity contribution in [1.29, 1.82) is 0 Å². The number of likely N-dealkylation sites (tertiary alicyclic amines) is 1. The Labute approximate surface area is 148 Å². The van der Waals surface area contributed by atoms with E-state index in [-0.39, 0.29) is 0 Å². The van der Waals surface area contributed by atoms with Gasteiger partial charge in [0, 0.05) is 41.8 Å². The predicted molar refractivity (Wildman–Crippen MR) is 98.1 cm³/mol. The Bertz CT molecular complexity index is 639. The number of thioether (sulfide) groups is 1. The molecule has 0 spiro atoms.